The highest BCUT2D eigenvalue weighted by Gasteiger charge is 2.56. The van der Waals surface area contributed by atoms with Crippen molar-refractivity contribution < 1.29 is 4.79 Å². The molecule has 1 saturated carbocycles. The van der Waals surface area contributed by atoms with Crippen molar-refractivity contribution in [2.75, 3.05) is 13.1 Å². The molecule has 2 bridgehead atoms. The summed E-state index contributed by atoms with van der Waals surface area (Å²) in [6.07, 6.45) is 4.46. The molecule has 0 aromatic heterocycles. The first-order chi connectivity index (χ1) is 9.30. The van der Waals surface area contributed by atoms with Gasteiger partial charge in [-0.05, 0) is 48.6 Å². The van der Waals surface area contributed by atoms with Gasteiger partial charge in [0, 0.05) is 13.1 Å². The number of carbonyl (C=O) groups excluding carboxylic acids is 1. The lowest BCUT2D eigenvalue weighted by Gasteiger charge is -2.41. The third-order valence-corrected chi connectivity index (χ3v) is 5.41. The van der Waals surface area contributed by atoms with E-state index in [2.05, 4.69) is 34.9 Å². The Bertz CT molecular complexity index is 492. The minimum Gasteiger partial charge on any atom is -0.353 e. The molecule has 1 aromatic carbocycles. The highest BCUT2D eigenvalue weighted by molar-refractivity contribution is 5.88. The van der Waals surface area contributed by atoms with Crippen LogP contribution in [0.15, 0.2) is 24.3 Å². The lowest BCUT2D eigenvalue weighted by Crippen LogP contribution is -2.68. The minimum absolute atomic E-state index is 0.249. The quantitative estimate of drug-likeness (QED) is 0.734. The molecule has 1 amide bonds. The normalized spacial score (nSPS) is 36.7. The fourth-order valence-electron chi connectivity index (χ4n) is 4.54. The summed E-state index contributed by atoms with van der Waals surface area (Å²) in [5.41, 5.74) is 2.61. The van der Waals surface area contributed by atoms with Crippen molar-refractivity contribution in [2.24, 2.45) is 11.8 Å². The molecule has 100 valence electrons. The van der Waals surface area contributed by atoms with Crippen molar-refractivity contribution >= 4 is 5.91 Å². The summed E-state index contributed by atoms with van der Waals surface area (Å²) < 4.78 is 0. The highest BCUT2D eigenvalue weighted by Crippen LogP contribution is 2.47. The molecule has 2 fully saturated rings. The van der Waals surface area contributed by atoms with Gasteiger partial charge in [-0.3, -0.25) is 4.79 Å². The average molecular weight is 256 g/mol. The minimum atomic E-state index is -0.294. The molecule has 1 heterocycles. The van der Waals surface area contributed by atoms with Gasteiger partial charge in [-0.2, -0.15) is 0 Å². The number of carbonyl (C=O) groups is 1. The Morgan fingerprint density at radius 3 is 2.21 bits per heavy atom. The first-order valence-corrected chi connectivity index (χ1v) is 7.41. The number of benzene rings is 1. The third kappa shape index (κ3) is 1.51. The number of hydrogen-bond acceptors (Lipinski definition) is 2. The van der Waals surface area contributed by atoms with Crippen LogP contribution in [0, 0.1) is 11.8 Å². The second-order valence-electron chi connectivity index (χ2n) is 6.20. The van der Waals surface area contributed by atoms with Crippen molar-refractivity contribution in [3.63, 3.8) is 0 Å². The Labute approximate surface area is 113 Å². The van der Waals surface area contributed by atoms with Gasteiger partial charge < -0.3 is 10.6 Å². The van der Waals surface area contributed by atoms with E-state index in [4.69, 9.17) is 0 Å². The fraction of sp³-hybridized carbons (Fsp3) is 0.562. The summed E-state index contributed by atoms with van der Waals surface area (Å²) in [6, 6.07) is 8.73. The van der Waals surface area contributed by atoms with Crippen LogP contribution in [-0.4, -0.2) is 24.5 Å². The first kappa shape index (κ1) is 11.5. The molecule has 0 radical (unpaired) electrons. The van der Waals surface area contributed by atoms with Crippen molar-refractivity contribution in [3.8, 4) is 0 Å². The molecule has 3 aliphatic rings. The number of fused-ring (bicyclic) bond motifs is 1. The Morgan fingerprint density at radius 1 is 1.00 bits per heavy atom. The second kappa shape index (κ2) is 4.07. The molecule has 1 aliphatic heterocycles. The molecule has 1 aromatic rings. The van der Waals surface area contributed by atoms with E-state index in [0.717, 1.165) is 25.9 Å². The van der Waals surface area contributed by atoms with E-state index in [9.17, 15) is 4.79 Å². The number of rotatable bonds is 0. The summed E-state index contributed by atoms with van der Waals surface area (Å²) >= 11 is 0. The van der Waals surface area contributed by atoms with Gasteiger partial charge in [0.2, 0.25) is 5.91 Å². The zero-order valence-corrected chi connectivity index (χ0v) is 11.1. The third-order valence-electron chi connectivity index (χ3n) is 5.41. The standard InChI is InChI=1S/C16H20N2O/c19-15-16(18-8-7-17-15)13-5-6-14(16)10-12-4-2-1-3-11(12)9-13/h1-4,13-14,18H,5-10H2,(H,17,19). The summed E-state index contributed by atoms with van der Waals surface area (Å²) in [4.78, 5) is 12.6. The van der Waals surface area contributed by atoms with E-state index in [0.29, 0.717) is 11.8 Å². The van der Waals surface area contributed by atoms with Gasteiger partial charge in [-0.1, -0.05) is 24.3 Å². The number of nitrogens with one attached hydrogen (secondary N) is 2. The molecule has 2 unspecified atom stereocenters. The maximum atomic E-state index is 12.6. The number of amides is 1. The van der Waals surface area contributed by atoms with Gasteiger partial charge >= 0.3 is 0 Å². The SMILES string of the molecule is O=C1NCCNC12C1CCC2Cc2ccccc2C1. The average Bonchev–Trinajstić information content (AvgIpc) is 2.66. The zero-order valence-electron chi connectivity index (χ0n) is 11.1. The molecule has 2 atom stereocenters. The van der Waals surface area contributed by atoms with E-state index in [1.165, 1.54) is 24.0 Å². The van der Waals surface area contributed by atoms with Crippen molar-refractivity contribution in [1.29, 1.82) is 0 Å². The Morgan fingerprint density at radius 2 is 1.63 bits per heavy atom. The summed E-state index contributed by atoms with van der Waals surface area (Å²) in [7, 11) is 0. The molecular weight excluding hydrogens is 236 g/mol. The molecule has 1 spiro atoms. The van der Waals surface area contributed by atoms with Crippen LogP contribution in [0.4, 0.5) is 0 Å². The predicted molar refractivity (Wildman–Crippen MR) is 73.8 cm³/mol. The summed E-state index contributed by atoms with van der Waals surface area (Å²) in [5.74, 6) is 1.17. The van der Waals surface area contributed by atoms with E-state index in [-0.39, 0.29) is 11.4 Å². The first-order valence-electron chi connectivity index (χ1n) is 7.41. The lowest BCUT2D eigenvalue weighted by molar-refractivity contribution is -0.132. The number of hydrogen-bond donors (Lipinski definition) is 2. The fourth-order valence-corrected chi connectivity index (χ4v) is 4.54. The van der Waals surface area contributed by atoms with Gasteiger partial charge in [0.1, 0.15) is 5.54 Å². The predicted octanol–water partition coefficient (Wildman–Crippen LogP) is 1.27. The molecular formula is C16H20N2O. The largest absolute Gasteiger partial charge is 0.353 e. The Hall–Kier alpha value is -1.35. The van der Waals surface area contributed by atoms with Crippen molar-refractivity contribution in [3.05, 3.63) is 35.4 Å². The van der Waals surface area contributed by atoms with Gasteiger partial charge in [-0.25, -0.2) is 0 Å². The molecule has 2 N–H and O–H groups in total. The van der Waals surface area contributed by atoms with Crippen LogP contribution >= 0.6 is 0 Å². The molecule has 19 heavy (non-hydrogen) atoms. The molecule has 2 aliphatic carbocycles. The zero-order chi connectivity index (χ0) is 12.9. The topological polar surface area (TPSA) is 41.1 Å². The van der Waals surface area contributed by atoms with Crippen LogP contribution in [0.1, 0.15) is 24.0 Å². The Kier molecular flexibility index (Phi) is 2.46. The van der Waals surface area contributed by atoms with Crippen LogP contribution in [0.3, 0.4) is 0 Å². The van der Waals surface area contributed by atoms with E-state index >= 15 is 0 Å². The molecule has 3 heteroatoms. The molecule has 1 saturated heterocycles. The smallest absolute Gasteiger partial charge is 0.240 e. The van der Waals surface area contributed by atoms with Gasteiger partial charge in [0.15, 0.2) is 0 Å². The lowest BCUT2D eigenvalue weighted by atomic mass is 9.77. The molecule has 3 nitrogen and oxygen atoms in total. The van der Waals surface area contributed by atoms with Crippen LogP contribution < -0.4 is 10.6 Å². The van der Waals surface area contributed by atoms with Crippen molar-refractivity contribution in [2.45, 2.75) is 31.2 Å². The monoisotopic (exact) mass is 256 g/mol. The number of piperazine rings is 1. The highest BCUT2D eigenvalue weighted by atomic mass is 16.2. The van der Waals surface area contributed by atoms with Crippen molar-refractivity contribution in [1.82, 2.24) is 10.6 Å². The summed E-state index contributed by atoms with van der Waals surface area (Å²) in [5, 5.41) is 6.71. The van der Waals surface area contributed by atoms with E-state index in [1.807, 2.05) is 0 Å². The summed E-state index contributed by atoms with van der Waals surface area (Å²) in [6.45, 7) is 1.68. The van der Waals surface area contributed by atoms with Crippen LogP contribution in [0.2, 0.25) is 0 Å². The Balaban J connectivity index is 1.79. The maximum Gasteiger partial charge on any atom is 0.240 e. The van der Waals surface area contributed by atoms with E-state index < -0.39 is 0 Å². The maximum absolute atomic E-state index is 12.6. The second-order valence-corrected chi connectivity index (χ2v) is 6.20. The van der Waals surface area contributed by atoms with Crippen LogP contribution in [-0.2, 0) is 17.6 Å². The van der Waals surface area contributed by atoms with E-state index in [1.54, 1.807) is 0 Å². The van der Waals surface area contributed by atoms with Gasteiger partial charge in [0.05, 0.1) is 0 Å². The van der Waals surface area contributed by atoms with Crippen LogP contribution in [0.5, 0.6) is 0 Å². The van der Waals surface area contributed by atoms with Gasteiger partial charge in [0.25, 0.3) is 0 Å². The molecule has 4 rings (SSSR count). The van der Waals surface area contributed by atoms with Crippen LogP contribution in [0.25, 0.3) is 0 Å². The van der Waals surface area contributed by atoms with Gasteiger partial charge in [-0.15, -0.1) is 0 Å².